The third-order valence-electron chi connectivity index (χ3n) is 3.68. The van der Waals surface area contributed by atoms with E-state index in [1.54, 1.807) is 13.0 Å². The molecule has 3 aromatic rings. The van der Waals surface area contributed by atoms with E-state index in [-0.39, 0.29) is 11.6 Å². The summed E-state index contributed by atoms with van der Waals surface area (Å²) in [5, 5.41) is 0. The molecule has 0 saturated carbocycles. The molecular weight excluding hydrogens is 395 g/mol. The van der Waals surface area contributed by atoms with E-state index in [4.69, 9.17) is 4.74 Å². The van der Waals surface area contributed by atoms with Crippen LogP contribution in [0.2, 0.25) is 0 Å². The Kier molecular flexibility index (Phi) is 5.23. The van der Waals surface area contributed by atoms with Crippen molar-refractivity contribution < 1.29 is 26.3 Å². The van der Waals surface area contributed by atoms with Crippen LogP contribution < -0.4 is 9.46 Å². The second kappa shape index (κ2) is 7.47. The van der Waals surface area contributed by atoms with Gasteiger partial charge in [0, 0.05) is 12.4 Å². The first kappa shape index (κ1) is 19.6. The van der Waals surface area contributed by atoms with Crippen LogP contribution in [0.3, 0.4) is 0 Å². The summed E-state index contributed by atoms with van der Waals surface area (Å²) < 4.78 is 71.3. The van der Waals surface area contributed by atoms with Crippen molar-refractivity contribution in [3.8, 4) is 11.6 Å². The molecule has 0 amide bonds. The van der Waals surface area contributed by atoms with Gasteiger partial charge in [-0.2, -0.15) is 13.2 Å². The smallest absolute Gasteiger partial charge is 0.416 e. The van der Waals surface area contributed by atoms with E-state index in [1.807, 2.05) is 0 Å². The lowest BCUT2D eigenvalue weighted by molar-refractivity contribution is -0.137. The van der Waals surface area contributed by atoms with Gasteiger partial charge in [0.25, 0.3) is 10.0 Å². The Labute approximate surface area is 159 Å². The Bertz CT molecular complexity index is 1090. The third-order valence-corrected chi connectivity index (χ3v) is 5.04. The first-order valence-electron chi connectivity index (χ1n) is 7.90. The highest BCUT2D eigenvalue weighted by molar-refractivity contribution is 7.92. The van der Waals surface area contributed by atoms with E-state index < -0.39 is 26.7 Å². The van der Waals surface area contributed by atoms with Crippen LogP contribution in [-0.2, 0) is 16.2 Å². The Hall–Kier alpha value is -3.14. The fourth-order valence-corrected chi connectivity index (χ4v) is 3.49. The van der Waals surface area contributed by atoms with Gasteiger partial charge in [-0.1, -0.05) is 6.07 Å². The van der Waals surface area contributed by atoms with Gasteiger partial charge in [-0.05, 0) is 48.9 Å². The van der Waals surface area contributed by atoms with Gasteiger partial charge in [0.05, 0.1) is 22.3 Å². The lowest BCUT2D eigenvalue weighted by Gasteiger charge is -2.13. The maximum atomic E-state index is 12.8. The van der Waals surface area contributed by atoms with E-state index in [9.17, 15) is 21.6 Å². The molecule has 1 heterocycles. The molecule has 0 aliphatic carbocycles. The van der Waals surface area contributed by atoms with E-state index in [1.165, 1.54) is 30.7 Å². The number of benzene rings is 2. The highest BCUT2D eigenvalue weighted by Crippen LogP contribution is 2.31. The van der Waals surface area contributed by atoms with E-state index >= 15 is 0 Å². The maximum absolute atomic E-state index is 12.8. The van der Waals surface area contributed by atoms with Crippen LogP contribution in [0.15, 0.2) is 66.0 Å². The molecule has 146 valence electrons. The standard InChI is InChI=1S/C18H14F3N3O3S/c1-12-9-14(27-17-11-22-7-8-23-17)5-6-16(12)24-28(25,26)15-4-2-3-13(10-15)18(19,20)21/h2-11,24H,1H3. The molecule has 0 aliphatic heterocycles. The number of ether oxygens (including phenoxy) is 1. The van der Waals surface area contributed by atoms with Gasteiger partial charge < -0.3 is 4.74 Å². The summed E-state index contributed by atoms with van der Waals surface area (Å²) in [4.78, 5) is 7.35. The van der Waals surface area contributed by atoms with Gasteiger partial charge in [0.15, 0.2) is 0 Å². The number of aromatic nitrogens is 2. The van der Waals surface area contributed by atoms with Crippen LogP contribution in [0, 0.1) is 6.92 Å². The molecule has 0 aliphatic rings. The number of aryl methyl sites for hydroxylation is 1. The van der Waals surface area contributed by atoms with Crippen LogP contribution >= 0.6 is 0 Å². The van der Waals surface area contributed by atoms with Gasteiger partial charge in [-0.15, -0.1) is 0 Å². The first-order chi connectivity index (χ1) is 13.1. The number of halogens is 3. The third kappa shape index (κ3) is 4.58. The molecule has 0 atom stereocenters. The Morgan fingerprint density at radius 1 is 1.07 bits per heavy atom. The molecule has 0 radical (unpaired) electrons. The molecule has 0 unspecified atom stereocenters. The highest BCUT2D eigenvalue weighted by Gasteiger charge is 2.31. The lowest BCUT2D eigenvalue weighted by atomic mass is 10.2. The average molecular weight is 409 g/mol. The molecule has 0 fully saturated rings. The highest BCUT2D eigenvalue weighted by atomic mass is 32.2. The minimum Gasteiger partial charge on any atom is -0.437 e. The number of sulfonamides is 1. The van der Waals surface area contributed by atoms with Crippen molar-refractivity contribution in [3.63, 3.8) is 0 Å². The van der Waals surface area contributed by atoms with Crippen molar-refractivity contribution in [1.29, 1.82) is 0 Å². The predicted molar refractivity (Wildman–Crippen MR) is 95.5 cm³/mol. The minimum atomic E-state index is -4.64. The number of anilines is 1. The molecule has 3 rings (SSSR count). The van der Waals surface area contributed by atoms with Crippen molar-refractivity contribution in [1.82, 2.24) is 9.97 Å². The summed E-state index contributed by atoms with van der Waals surface area (Å²) in [6.07, 6.45) is -0.274. The molecule has 0 saturated heterocycles. The number of hydrogen-bond acceptors (Lipinski definition) is 5. The summed E-state index contributed by atoms with van der Waals surface area (Å²) in [5.41, 5.74) is -0.319. The van der Waals surface area contributed by atoms with Crippen molar-refractivity contribution in [2.24, 2.45) is 0 Å². The van der Waals surface area contributed by atoms with Crippen LogP contribution in [0.25, 0.3) is 0 Å². The summed E-state index contributed by atoms with van der Waals surface area (Å²) >= 11 is 0. The Morgan fingerprint density at radius 3 is 2.50 bits per heavy atom. The van der Waals surface area contributed by atoms with Crippen LogP contribution in [0.5, 0.6) is 11.6 Å². The van der Waals surface area contributed by atoms with Crippen LogP contribution in [0.1, 0.15) is 11.1 Å². The molecule has 1 N–H and O–H groups in total. The number of alkyl halides is 3. The molecule has 0 bridgehead atoms. The lowest BCUT2D eigenvalue weighted by Crippen LogP contribution is -2.15. The summed E-state index contributed by atoms with van der Waals surface area (Å²) in [6.45, 7) is 1.63. The van der Waals surface area contributed by atoms with Gasteiger partial charge in [0.2, 0.25) is 5.88 Å². The van der Waals surface area contributed by atoms with Crippen molar-refractivity contribution >= 4 is 15.7 Å². The number of nitrogens with one attached hydrogen (secondary N) is 1. The van der Waals surface area contributed by atoms with Crippen LogP contribution in [0.4, 0.5) is 18.9 Å². The SMILES string of the molecule is Cc1cc(Oc2cnccn2)ccc1NS(=O)(=O)c1cccc(C(F)(F)F)c1. The van der Waals surface area contributed by atoms with Crippen molar-refractivity contribution in [3.05, 3.63) is 72.2 Å². The second-order valence-electron chi connectivity index (χ2n) is 5.75. The normalized spacial score (nSPS) is 11.9. The minimum absolute atomic E-state index is 0.212. The molecular formula is C18H14F3N3O3S. The topological polar surface area (TPSA) is 81.2 Å². The zero-order chi connectivity index (χ0) is 20.4. The van der Waals surface area contributed by atoms with Crippen LogP contribution in [-0.4, -0.2) is 18.4 Å². The first-order valence-corrected chi connectivity index (χ1v) is 9.38. The summed E-state index contributed by atoms with van der Waals surface area (Å²) in [6, 6.07) is 8.06. The number of nitrogens with zero attached hydrogens (tertiary/aromatic N) is 2. The zero-order valence-electron chi connectivity index (χ0n) is 14.4. The monoisotopic (exact) mass is 409 g/mol. The largest absolute Gasteiger partial charge is 0.437 e. The fourth-order valence-electron chi connectivity index (χ4n) is 2.32. The van der Waals surface area contributed by atoms with Gasteiger partial charge >= 0.3 is 6.18 Å². The van der Waals surface area contributed by atoms with E-state index in [2.05, 4.69) is 14.7 Å². The molecule has 6 nitrogen and oxygen atoms in total. The second-order valence-corrected chi connectivity index (χ2v) is 7.44. The summed E-state index contributed by atoms with van der Waals surface area (Å²) in [5.74, 6) is 0.666. The number of hydrogen-bond donors (Lipinski definition) is 1. The maximum Gasteiger partial charge on any atom is 0.416 e. The quantitative estimate of drug-likeness (QED) is 0.676. The van der Waals surface area contributed by atoms with E-state index in [0.29, 0.717) is 17.4 Å². The van der Waals surface area contributed by atoms with Gasteiger partial charge in [-0.25, -0.2) is 13.4 Å². The molecule has 10 heteroatoms. The average Bonchev–Trinajstić information content (AvgIpc) is 2.64. The predicted octanol–water partition coefficient (Wildman–Crippen LogP) is 4.40. The Balaban J connectivity index is 1.83. The summed E-state index contributed by atoms with van der Waals surface area (Å²) in [7, 11) is -4.20. The van der Waals surface area contributed by atoms with E-state index in [0.717, 1.165) is 18.2 Å². The zero-order valence-corrected chi connectivity index (χ0v) is 15.3. The molecule has 0 spiro atoms. The number of rotatable bonds is 5. The molecule has 1 aromatic heterocycles. The molecule has 2 aromatic carbocycles. The molecule has 28 heavy (non-hydrogen) atoms. The van der Waals surface area contributed by atoms with Gasteiger partial charge in [-0.3, -0.25) is 9.71 Å². The van der Waals surface area contributed by atoms with Crippen molar-refractivity contribution in [2.45, 2.75) is 18.0 Å². The Morgan fingerprint density at radius 2 is 1.86 bits per heavy atom. The fraction of sp³-hybridized carbons (Fsp3) is 0.111. The van der Waals surface area contributed by atoms with Crippen molar-refractivity contribution in [2.75, 3.05) is 4.72 Å². The van der Waals surface area contributed by atoms with Gasteiger partial charge in [0.1, 0.15) is 5.75 Å².